The lowest BCUT2D eigenvalue weighted by molar-refractivity contribution is -0.137. The van der Waals surface area contributed by atoms with Crippen molar-refractivity contribution < 1.29 is 22.7 Å². The van der Waals surface area contributed by atoms with E-state index in [1.807, 2.05) is 30.3 Å². The average molecular weight is 410 g/mol. The van der Waals surface area contributed by atoms with E-state index < -0.39 is 17.8 Å². The highest BCUT2D eigenvalue weighted by Gasteiger charge is 2.34. The molecular weight excluding hydrogens is 389 g/mol. The van der Waals surface area contributed by atoms with Gasteiger partial charge in [0.2, 0.25) is 0 Å². The number of thioether (sulfide) groups is 1. The molecule has 2 aromatic carbocycles. The second kappa shape index (κ2) is 8.87. The molecule has 1 saturated heterocycles. The Morgan fingerprint density at radius 2 is 1.79 bits per heavy atom. The summed E-state index contributed by atoms with van der Waals surface area (Å²) in [4.78, 5) is 13.4. The van der Waals surface area contributed by atoms with Crippen LogP contribution < -0.4 is 10.6 Å². The Labute approximate surface area is 165 Å². The predicted molar refractivity (Wildman–Crippen MR) is 104 cm³/mol. The van der Waals surface area contributed by atoms with Crippen LogP contribution in [0.2, 0.25) is 0 Å². The maximum Gasteiger partial charge on any atom is 0.416 e. The minimum absolute atomic E-state index is 0.101. The summed E-state index contributed by atoms with van der Waals surface area (Å²) in [5, 5.41) is 5.30. The average Bonchev–Trinajstić information content (AvgIpc) is 2.68. The van der Waals surface area contributed by atoms with Crippen LogP contribution in [0.3, 0.4) is 0 Å². The van der Waals surface area contributed by atoms with Crippen molar-refractivity contribution in [3.05, 3.63) is 60.2 Å². The minimum Gasteiger partial charge on any atom is -0.381 e. The molecule has 1 aliphatic heterocycles. The van der Waals surface area contributed by atoms with Crippen molar-refractivity contribution in [2.75, 3.05) is 25.1 Å². The summed E-state index contributed by atoms with van der Waals surface area (Å²) in [6.45, 7) is 1.61. The first-order chi connectivity index (χ1) is 13.4. The molecule has 0 radical (unpaired) electrons. The van der Waals surface area contributed by atoms with Gasteiger partial charge in [-0.25, -0.2) is 4.79 Å². The third-order valence-electron chi connectivity index (χ3n) is 4.50. The van der Waals surface area contributed by atoms with Crippen LogP contribution >= 0.6 is 11.8 Å². The van der Waals surface area contributed by atoms with Gasteiger partial charge in [-0.1, -0.05) is 24.3 Å². The summed E-state index contributed by atoms with van der Waals surface area (Å²) in [5.74, 6) is 0. The van der Waals surface area contributed by atoms with Gasteiger partial charge in [0.05, 0.1) is 5.56 Å². The first kappa shape index (κ1) is 20.5. The minimum atomic E-state index is -4.45. The zero-order chi connectivity index (χ0) is 20.0. The van der Waals surface area contributed by atoms with Crippen LogP contribution in [0.1, 0.15) is 18.4 Å². The molecule has 2 aromatic rings. The van der Waals surface area contributed by atoms with E-state index in [0.29, 0.717) is 19.8 Å². The van der Waals surface area contributed by atoms with Crippen molar-refractivity contribution in [3.8, 4) is 0 Å². The van der Waals surface area contributed by atoms with Crippen LogP contribution in [-0.2, 0) is 10.9 Å². The van der Waals surface area contributed by atoms with Crippen LogP contribution in [0.4, 0.5) is 23.7 Å². The topological polar surface area (TPSA) is 50.4 Å². The Bertz CT molecular complexity index is 794. The number of hydrogen-bond acceptors (Lipinski definition) is 3. The zero-order valence-electron chi connectivity index (χ0n) is 15.1. The van der Waals surface area contributed by atoms with Gasteiger partial charge in [-0.15, -0.1) is 11.8 Å². The number of alkyl halides is 3. The summed E-state index contributed by atoms with van der Waals surface area (Å²) in [7, 11) is 0. The first-order valence-electron chi connectivity index (χ1n) is 8.90. The molecule has 1 aliphatic rings. The van der Waals surface area contributed by atoms with Crippen LogP contribution in [-0.4, -0.2) is 30.5 Å². The van der Waals surface area contributed by atoms with Gasteiger partial charge in [-0.3, -0.25) is 0 Å². The van der Waals surface area contributed by atoms with Crippen molar-refractivity contribution in [1.82, 2.24) is 5.32 Å². The molecule has 0 aromatic heterocycles. The normalized spacial score (nSPS) is 16.4. The van der Waals surface area contributed by atoms with E-state index in [-0.39, 0.29) is 10.4 Å². The third-order valence-corrected chi connectivity index (χ3v) is 5.99. The molecule has 28 heavy (non-hydrogen) atoms. The molecule has 4 nitrogen and oxygen atoms in total. The molecule has 0 aliphatic carbocycles. The van der Waals surface area contributed by atoms with Crippen LogP contribution in [0.5, 0.6) is 0 Å². The Kier molecular flexibility index (Phi) is 6.51. The lowest BCUT2D eigenvalue weighted by Crippen LogP contribution is -2.45. The second-order valence-corrected chi connectivity index (χ2v) is 8.14. The number of amides is 2. The van der Waals surface area contributed by atoms with Gasteiger partial charge in [0.1, 0.15) is 0 Å². The van der Waals surface area contributed by atoms with E-state index >= 15 is 0 Å². The molecule has 2 N–H and O–H groups in total. The van der Waals surface area contributed by atoms with Crippen LogP contribution in [0.15, 0.2) is 59.5 Å². The molecule has 0 saturated carbocycles. The number of rotatable bonds is 5. The Morgan fingerprint density at radius 1 is 1.07 bits per heavy atom. The molecule has 3 rings (SSSR count). The summed E-state index contributed by atoms with van der Waals surface area (Å²) < 4.78 is 43.7. The molecule has 1 fully saturated rings. The zero-order valence-corrected chi connectivity index (χ0v) is 15.9. The molecule has 8 heteroatoms. The largest absolute Gasteiger partial charge is 0.416 e. The van der Waals surface area contributed by atoms with E-state index in [1.54, 1.807) is 11.8 Å². The number of benzene rings is 2. The van der Waals surface area contributed by atoms with E-state index in [9.17, 15) is 18.0 Å². The lowest BCUT2D eigenvalue weighted by Gasteiger charge is -2.36. The molecule has 2 amide bonds. The number of carbonyl (C=O) groups is 1. The number of nitrogens with one attached hydrogen (secondary N) is 2. The molecule has 0 unspecified atom stereocenters. The van der Waals surface area contributed by atoms with Crippen LogP contribution in [0.25, 0.3) is 0 Å². The summed E-state index contributed by atoms with van der Waals surface area (Å²) in [5.41, 5.74) is -0.699. The smallest absolute Gasteiger partial charge is 0.381 e. The fraction of sp³-hybridized carbons (Fsp3) is 0.350. The number of carbonyl (C=O) groups excluding carboxylic acids is 1. The van der Waals surface area contributed by atoms with Crippen LogP contribution in [0, 0.1) is 0 Å². The highest BCUT2D eigenvalue weighted by molar-refractivity contribution is 8.00. The number of ether oxygens (including phenoxy) is 1. The van der Waals surface area contributed by atoms with E-state index in [2.05, 4.69) is 10.6 Å². The highest BCUT2D eigenvalue weighted by atomic mass is 32.2. The van der Waals surface area contributed by atoms with E-state index in [1.165, 1.54) is 12.1 Å². The van der Waals surface area contributed by atoms with Gasteiger partial charge in [0, 0.05) is 35.1 Å². The highest BCUT2D eigenvalue weighted by Crippen LogP contribution is 2.40. The number of anilines is 1. The lowest BCUT2D eigenvalue weighted by atomic mass is 9.99. The van der Waals surface area contributed by atoms with Gasteiger partial charge >= 0.3 is 12.2 Å². The Morgan fingerprint density at radius 3 is 2.46 bits per heavy atom. The van der Waals surface area contributed by atoms with E-state index in [4.69, 9.17) is 4.74 Å². The van der Waals surface area contributed by atoms with Crippen molar-refractivity contribution in [2.45, 2.75) is 28.7 Å². The monoisotopic (exact) mass is 410 g/mol. The standard InChI is InChI=1S/C20H21F3N2O2S/c21-20(22,23)15-5-4-6-16(13-15)25-18(26)24-14-19(9-11-27-12-10-19)28-17-7-2-1-3-8-17/h1-8,13H,9-12,14H2,(H2,24,25,26). The predicted octanol–water partition coefficient (Wildman–Crippen LogP) is 5.17. The first-order valence-corrected chi connectivity index (χ1v) is 9.72. The fourth-order valence-electron chi connectivity index (χ4n) is 2.99. The number of halogens is 3. The van der Waals surface area contributed by atoms with Gasteiger partial charge in [-0.2, -0.15) is 13.2 Å². The quantitative estimate of drug-likeness (QED) is 0.715. The molecule has 0 atom stereocenters. The van der Waals surface area contributed by atoms with Crippen molar-refractivity contribution >= 4 is 23.5 Å². The summed E-state index contributed by atoms with van der Waals surface area (Å²) in [6.07, 6.45) is -2.90. The maximum absolute atomic E-state index is 12.8. The molecule has 1 heterocycles. The van der Waals surface area contributed by atoms with E-state index in [0.717, 1.165) is 29.9 Å². The number of urea groups is 1. The summed E-state index contributed by atoms with van der Waals surface area (Å²) >= 11 is 1.69. The third kappa shape index (κ3) is 5.65. The molecule has 0 spiro atoms. The Balaban J connectivity index is 1.62. The van der Waals surface area contributed by atoms with Crippen molar-refractivity contribution in [3.63, 3.8) is 0 Å². The summed E-state index contributed by atoms with van der Waals surface area (Å²) in [6, 6.07) is 14.0. The molecular formula is C20H21F3N2O2S. The van der Waals surface area contributed by atoms with Gasteiger partial charge in [0.25, 0.3) is 0 Å². The second-order valence-electron chi connectivity index (χ2n) is 6.60. The van der Waals surface area contributed by atoms with Crippen molar-refractivity contribution in [1.29, 1.82) is 0 Å². The Hall–Kier alpha value is -2.19. The maximum atomic E-state index is 12.8. The number of hydrogen-bond donors (Lipinski definition) is 2. The van der Waals surface area contributed by atoms with Gasteiger partial charge < -0.3 is 15.4 Å². The van der Waals surface area contributed by atoms with Crippen molar-refractivity contribution in [2.24, 2.45) is 0 Å². The van der Waals surface area contributed by atoms with Gasteiger partial charge in [0.15, 0.2) is 0 Å². The SMILES string of the molecule is O=C(NCC1(Sc2ccccc2)CCOCC1)Nc1cccc(C(F)(F)F)c1. The molecule has 150 valence electrons. The van der Waals surface area contributed by atoms with Gasteiger partial charge in [-0.05, 0) is 43.2 Å². The fourth-order valence-corrected chi connectivity index (χ4v) is 4.30. The molecule has 0 bridgehead atoms.